The number of carbonyl (C=O) groups is 1. The van der Waals surface area contributed by atoms with Crippen LogP contribution in [0.3, 0.4) is 0 Å². The van der Waals surface area contributed by atoms with Gasteiger partial charge in [0.25, 0.3) is 15.0 Å². The molecule has 0 fully saturated rings. The van der Waals surface area contributed by atoms with Gasteiger partial charge in [0, 0.05) is 28.8 Å². The van der Waals surface area contributed by atoms with Crippen LogP contribution >= 0.6 is 10.7 Å². The maximum atomic E-state index is 12.1. The quantitative estimate of drug-likeness (QED) is 0.800. The van der Waals surface area contributed by atoms with E-state index in [0.717, 1.165) is 0 Å². The zero-order valence-electron chi connectivity index (χ0n) is 10.6. The third kappa shape index (κ3) is 3.46. The van der Waals surface area contributed by atoms with Gasteiger partial charge in [-0.25, -0.2) is 8.42 Å². The van der Waals surface area contributed by atoms with Crippen molar-refractivity contribution in [3.63, 3.8) is 0 Å². The number of nitrogens with zero attached hydrogens (tertiary/aromatic N) is 1. The van der Waals surface area contributed by atoms with Gasteiger partial charge in [-0.2, -0.15) is 0 Å². The zero-order chi connectivity index (χ0) is 13.9. The van der Waals surface area contributed by atoms with Crippen LogP contribution in [0.1, 0.15) is 31.1 Å². The normalized spacial score (nSPS) is 11.6. The molecule has 1 amide bonds. The van der Waals surface area contributed by atoms with Crippen LogP contribution in [0.5, 0.6) is 0 Å². The molecule has 0 N–H and O–H groups in total. The van der Waals surface area contributed by atoms with Crippen molar-refractivity contribution in [2.45, 2.75) is 31.7 Å². The number of benzene rings is 1. The number of hydrogen-bond donors (Lipinski definition) is 0. The minimum absolute atomic E-state index is 0.00619. The van der Waals surface area contributed by atoms with E-state index < -0.39 is 9.05 Å². The smallest absolute Gasteiger partial charge is 0.261 e. The summed E-state index contributed by atoms with van der Waals surface area (Å²) < 4.78 is 22.2. The fourth-order valence-corrected chi connectivity index (χ4v) is 2.44. The van der Waals surface area contributed by atoms with Gasteiger partial charge in [0.1, 0.15) is 0 Å². The Kier molecular flexibility index (Phi) is 4.76. The molecule has 1 aromatic rings. The van der Waals surface area contributed by atoms with Crippen molar-refractivity contribution in [2.75, 3.05) is 6.54 Å². The number of halogens is 1. The summed E-state index contributed by atoms with van der Waals surface area (Å²) in [5.74, 6) is -0.119. The van der Waals surface area contributed by atoms with Gasteiger partial charge in [-0.05, 0) is 45.0 Å². The maximum absolute atomic E-state index is 12.1. The molecule has 1 aromatic carbocycles. The number of rotatable bonds is 4. The summed E-state index contributed by atoms with van der Waals surface area (Å²) in [5.41, 5.74) is 0.453. The molecule has 0 atom stereocenters. The molecule has 0 unspecified atom stereocenters. The molecule has 0 radical (unpaired) electrons. The van der Waals surface area contributed by atoms with Gasteiger partial charge in [-0.1, -0.05) is 0 Å². The lowest BCUT2D eigenvalue weighted by Crippen LogP contribution is -2.36. The third-order valence-corrected chi connectivity index (χ3v) is 3.98. The highest BCUT2D eigenvalue weighted by molar-refractivity contribution is 8.13. The summed E-state index contributed by atoms with van der Waals surface area (Å²) >= 11 is 0. The first kappa shape index (κ1) is 15.0. The summed E-state index contributed by atoms with van der Waals surface area (Å²) in [7, 11) is 1.47. The summed E-state index contributed by atoms with van der Waals surface area (Å²) in [5, 5.41) is 0. The van der Waals surface area contributed by atoms with Crippen LogP contribution in [-0.4, -0.2) is 31.8 Å². The molecule has 0 spiro atoms. The molecule has 100 valence electrons. The molecule has 1 rings (SSSR count). The summed E-state index contributed by atoms with van der Waals surface area (Å²) in [6.45, 7) is 6.36. The second-order valence-corrected chi connectivity index (χ2v) is 6.71. The highest BCUT2D eigenvalue weighted by Gasteiger charge is 2.18. The lowest BCUT2D eigenvalue weighted by molar-refractivity contribution is 0.0717. The standard InChI is InChI=1S/C12H16ClNO3S/c1-4-14(9(2)3)12(15)10-5-7-11(8-6-10)18(13,16)17/h5-9H,4H2,1-3H3. The molecule has 0 aliphatic carbocycles. The first-order valence-electron chi connectivity index (χ1n) is 5.63. The van der Waals surface area contributed by atoms with Crippen molar-refractivity contribution < 1.29 is 13.2 Å². The fourth-order valence-electron chi connectivity index (χ4n) is 1.67. The molecule has 0 saturated carbocycles. The van der Waals surface area contributed by atoms with Gasteiger partial charge in [0.2, 0.25) is 0 Å². The Morgan fingerprint density at radius 3 is 2.11 bits per heavy atom. The molecule has 0 aromatic heterocycles. The van der Waals surface area contributed by atoms with Gasteiger partial charge < -0.3 is 4.90 Å². The van der Waals surface area contributed by atoms with E-state index in [1.807, 2.05) is 20.8 Å². The highest BCUT2D eigenvalue weighted by Crippen LogP contribution is 2.16. The van der Waals surface area contributed by atoms with E-state index in [2.05, 4.69) is 0 Å². The second-order valence-electron chi connectivity index (χ2n) is 4.15. The molecule has 0 aliphatic rings. The van der Waals surface area contributed by atoms with Crippen LogP contribution in [0, 0.1) is 0 Å². The van der Waals surface area contributed by atoms with Crippen molar-refractivity contribution in [1.82, 2.24) is 4.90 Å². The molecule has 4 nitrogen and oxygen atoms in total. The minimum atomic E-state index is -3.74. The maximum Gasteiger partial charge on any atom is 0.261 e. The first-order valence-corrected chi connectivity index (χ1v) is 7.94. The average Bonchev–Trinajstić information content (AvgIpc) is 2.28. The van der Waals surface area contributed by atoms with Gasteiger partial charge in [-0.15, -0.1) is 0 Å². The van der Waals surface area contributed by atoms with Crippen LogP contribution < -0.4 is 0 Å². The van der Waals surface area contributed by atoms with Crippen molar-refractivity contribution >= 4 is 25.6 Å². The summed E-state index contributed by atoms with van der Waals surface area (Å²) in [6, 6.07) is 5.72. The highest BCUT2D eigenvalue weighted by atomic mass is 35.7. The zero-order valence-corrected chi connectivity index (χ0v) is 12.1. The topological polar surface area (TPSA) is 54.5 Å². The van der Waals surface area contributed by atoms with E-state index in [0.29, 0.717) is 12.1 Å². The Bertz CT molecular complexity index is 523. The molecular weight excluding hydrogens is 274 g/mol. The number of carbonyl (C=O) groups excluding carboxylic acids is 1. The lowest BCUT2D eigenvalue weighted by Gasteiger charge is -2.25. The van der Waals surface area contributed by atoms with Crippen molar-refractivity contribution in [1.29, 1.82) is 0 Å². The van der Waals surface area contributed by atoms with E-state index in [1.165, 1.54) is 24.3 Å². The molecule has 0 aliphatic heterocycles. The van der Waals surface area contributed by atoms with Gasteiger partial charge in [-0.3, -0.25) is 4.79 Å². The average molecular weight is 290 g/mol. The molecule has 0 bridgehead atoms. The lowest BCUT2D eigenvalue weighted by atomic mass is 10.2. The summed E-state index contributed by atoms with van der Waals surface area (Å²) in [6.07, 6.45) is 0. The van der Waals surface area contributed by atoms with Crippen molar-refractivity contribution in [3.8, 4) is 0 Å². The predicted octanol–water partition coefficient (Wildman–Crippen LogP) is 2.48. The Labute approximate surface area is 112 Å². The van der Waals surface area contributed by atoms with Crippen LogP contribution in [0.2, 0.25) is 0 Å². The van der Waals surface area contributed by atoms with E-state index >= 15 is 0 Å². The second kappa shape index (κ2) is 5.71. The SMILES string of the molecule is CCN(C(=O)c1ccc(S(=O)(=O)Cl)cc1)C(C)C. The van der Waals surface area contributed by atoms with E-state index in [9.17, 15) is 13.2 Å². The monoisotopic (exact) mass is 289 g/mol. The first-order chi connectivity index (χ1) is 8.27. The Hall–Kier alpha value is -1.07. The van der Waals surface area contributed by atoms with Crippen molar-refractivity contribution in [3.05, 3.63) is 29.8 Å². The molecule has 0 heterocycles. The Balaban J connectivity index is 3.02. The van der Waals surface area contributed by atoms with E-state index in [-0.39, 0.29) is 16.8 Å². The van der Waals surface area contributed by atoms with Gasteiger partial charge in [0.15, 0.2) is 0 Å². The van der Waals surface area contributed by atoms with E-state index in [1.54, 1.807) is 4.90 Å². The molecule has 0 saturated heterocycles. The van der Waals surface area contributed by atoms with Crippen LogP contribution in [-0.2, 0) is 9.05 Å². The molecular formula is C12H16ClNO3S. The van der Waals surface area contributed by atoms with Crippen LogP contribution in [0.15, 0.2) is 29.2 Å². The Morgan fingerprint density at radius 1 is 1.28 bits per heavy atom. The molecule has 18 heavy (non-hydrogen) atoms. The van der Waals surface area contributed by atoms with Crippen molar-refractivity contribution in [2.24, 2.45) is 0 Å². The largest absolute Gasteiger partial charge is 0.337 e. The van der Waals surface area contributed by atoms with Crippen LogP contribution in [0.25, 0.3) is 0 Å². The summed E-state index contributed by atoms with van der Waals surface area (Å²) in [4.78, 5) is 13.8. The predicted molar refractivity (Wildman–Crippen MR) is 71.3 cm³/mol. The Morgan fingerprint density at radius 2 is 1.78 bits per heavy atom. The number of amides is 1. The van der Waals surface area contributed by atoms with E-state index in [4.69, 9.17) is 10.7 Å². The molecule has 6 heteroatoms. The third-order valence-electron chi connectivity index (χ3n) is 2.61. The number of hydrogen-bond acceptors (Lipinski definition) is 3. The van der Waals surface area contributed by atoms with Gasteiger partial charge in [0.05, 0.1) is 4.90 Å². The van der Waals surface area contributed by atoms with Gasteiger partial charge >= 0.3 is 0 Å². The van der Waals surface area contributed by atoms with Crippen LogP contribution in [0.4, 0.5) is 0 Å². The fraction of sp³-hybridized carbons (Fsp3) is 0.417. The minimum Gasteiger partial charge on any atom is -0.337 e.